The van der Waals surface area contributed by atoms with Crippen LogP contribution in [0.3, 0.4) is 0 Å². The van der Waals surface area contributed by atoms with Gasteiger partial charge < -0.3 is 30.7 Å². The SMILES string of the molecule is CC(C)Oc1cc(C(=O)O)ccc1NC(=O)c1ccc(-c2ccc(N)cc2OC(C)C)cc1O. The molecule has 0 spiro atoms. The molecule has 34 heavy (non-hydrogen) atoms. The van der Waals surface area contributed by atoms with Crippen LogP contribution in [0.15, 0.2) is 54.6 Å². The largest absolute Gasteiger partial charge is 0.507 e. The number of carbonyl (C=O) groups is 2. The van der Waals surface area contributed by atoms with Gasteiger partial charge in [0.1, 0.15) is 17.2 Å². The number of aromatic hydroxyl groups is 1. The number of amides is 1. The van der Waals surface area contributed by atoms with E-state index in [0.29, 0.717) is 22.7 Å². The molecular formula is C26H28N2O6. The lowest BCUT2D eigenvalue weighted by Gasteiger charge is -2.17. The molecule has 3 aromatic rings. The molecule has 0 bridgehead atoms. The van der Waals surface area contributed by atoms with E-state index in [0.717, 1.165) is 5.56 Å². The number of ether oxygens (including phenoxy) is 2. The molecule has 0 heterocycles. The monoisotopic (exact) mass is 464 g/mol. The van der Waals surface area contributed by atoms with Crippen LogP contribution in [-0.4, -0.2) is 34.3 Å². The van der Waals surface area contributed by atoms with Crippen molar-refractivity contribution in [1.29, 1.82) is 0 Å². The minimum atomic E-state index is -1.11. The molecule has 0 aromatic heterocycles. The Bertz CT molecular complexity index is 1220. The number of carbonyl (C=O) groups excluding carboxylic acids is 1. The zero-order valence-corrected chi connectivity index (χ0v) is 19.5. The molecule has 1 amide bonds. The number of nitrogen functional groups attached to an aromatic ring is 1. The first-order valence-electron chi connectivity index (χ1n) is 10.8. The molecule has 0 aliphatic rings. The van der Waals surface area contributed by atoms with Gasteiger partial charge in [-0.25, -0.2) is 4.79 Å². The minimum Gasteiger partial charge on any atom is -0.507 e. The molecule has 5 N–H and O–H groups in total. The van der Waals surface area contributed by atoms with Gasteiger partial charge in [0, 0.05) is 17.3 Å². The van der Waals surface area contributed by atoms with E-state index in [1.54, 1.807) is 38.1 Å². The third-order valence-corrected chi connectivity index (χ3v) is 4.76. The first-order valence-corrected chi connectivity index (χ1v) is 10.8. The lowest BCUT2D eigenvalue weighted by Crippen LogP contribution is -2.15. The zero-order chi connectivity index (χ0) is 25.0. The van der Waals surface area contributed by atoms with Crippen LogP contribution in [-0.2, 0) is 0 Å². The van der Waals surface area contributed by atoms with Gasteiger partial charge in [0.05, 0.1) is 29.0 Å². The van der Waals surface area contributed by atoms with Crippen LogP contribution in [0.4, 0.5) is 11.4 Å². The average Bonchev–Trinajstić information content (AvgIpc) is 2.74. The predicted molar refractivity (Wildman–Crippen MR) is 131 cm³/mol. The van der Waals surface area contributed by atoms with Gasteiger partial charge in [0.2, 0.25) is 0 Å². The lowest BCUT2D eigenvalue weighted by molar-refractivity contribution is 0.0696. The standard InChI is InChI=1S/C26H28N2O6/c1-14(2)33-23-13-18(27)7-9-19(23)16-5-8-20(22(29)11-16)25(30)28-21-10-6-17(26(31)32)12-24(21)34-15(3)4/h5-15,29H,27H2,1-4H3,(H,28,30)(H,31,32). The Labute approximate surface area is 197 Å². The number of phenolic OH excluding ortho intramolecular Hbond substituents is 1. The minimum absolute atomic E-state index is 0.0313. The third-order valence-electron chi connectivity index (χ3n) is 4.76. The summed E-state index contributed by atoms with van der Waals surface area (Å²) in [7, 11) is 0. The number of benzene rings is 3. The number of anilines is 2. The van der Waals surface area contributed by atoms with E-state index < -0.39 is 11.9 Å². The Morgan fingerprint density at radius 2 is 1.56 bits per heavy atom. The molecule has 3 aromatic carbocycles. The van der Waals surface area contributed by atoms with Crippen LogP contribution in [0.5, 0.6) is 17.2 Å². The molecule has 3 rings (SSSR count). The Balaban J connectivity index is 1.91. The molecule has 0 saturated heterocycles. The summed E-state index contributed by atoms with van der Waals surface area (Å²) >= 11 is 0. The Hall–Kier alpha value is -4.20. The second-order valence-corrected chi connectivity index (χ2v) is 8.29. The molecule has 0 saturated carbocycles. The van der Waals surface area contributed by atoms with Crippen molar-refractivity contribution in [2.24, 2.45) is 0 Å². The van der Waals surface area contributed by atoms with Crippen molar-refractivity contribution in [2.45, 2.75) is 39.9 Å². The summed E-state index contributed by atoms with van der Waals surface area (Å²) in [5.41, 5.74) is 8.18. The van der Waals surface area contributed by atoms with Crippen LogP contribution in [0.25, 0.3) is 11.1 Å². The average molecular weight is 465 g/mol. The summed E-state index contributed by atoms with van der Waals surface area (Å²) in [5.74, 6) is -1.12. The summed E-state index contributed by atoms with van der Waals surface area (Å²) in [6.07, 6.45) is -0.316. The maximum atomic E-state index is 12.9. The van der Waals surface area contributed by atoms with Crippen molar-refractivity contribution in [2.75, 3.05) is 11.1 Å². The van der Waals surface area contributed by atoms with Crippen LogP contribution < -0.4 is 20.5 Å². The number of phenols is 1. The highest BCUT2D eigenvalue weighted by Crippen LogP contribution is 2.36. The maximum absolute atomic E-state index is 12.9. The Morgan fingerprint density at radius 1 is 0.882 bits per heavy atom. The van der Waals surface area contributed by atoms with E-state index in [-0.39, 0.29) is 34.8 Å². The first kappa shape index (κ1) is 24.4. The van der Waals surface area contributed by atoms with Crippen molar-refractivity contribution >= 4 is 23.3 Å². The predicted octanol–water partition coefficient (Wildman–Crippen LogP) is 5.17. The van der Waals surface area contributed by atoms with Crippen molar-refractivity contribution in [3.8, 4) is 28.4 Å². The van der Waals surface area contributed by atoms with Crippen LogP contribution in [0.1, 0.15) is 48.4 Å². The Morgan fingerprint density at radius 3 is 2.18 bits per heavy atom. The smallest absolute Gasteiger partial charge is 0.335 e. The van der Waals surface area contributed by atoms with E-state index in [9.17, 15) is 19.8 Å². The molecule has 178 valence electrons. The zero-order valence-electron chi connectivity index (χ0n) is 19.5. The van der Waals surface area contributed by atoms with Gasteiger partial charge in [-0.05, 0) is 75.7 Å². The van der Waals surface area contributed by atoms with Gasteiger partial charge in [-0.1, -0.05) is 6.07 Å². The third kappa shape index (κ3) is 5.78. The molecule has 8 heteroatoms. The number of rotatable bonds is 8. The second kappa shape index (κ2) is 10.2. The quantitative estimate of drug-likeness (QED) is 0.338. The molecule has 0 aliphatic heterocycles. The van der Waals surface area contributed by atoms with Crippen molar-refractivity contribution in [1.82, 2.24) is 0 Å². The molecule has 0 aliphatic carbocycles. The fraction of sp³-hybridized carbons (Fsp3) is 0.231. The fourth-order valence-corrected chi connectivity index (χ4v) is 3.32. The molecule has 0 fully saturated rings. The van der Waals surface area contributed by atoms with Gasteiger partial charge in [0.15, 0.2) is 0 Å². The van der Waals surface area contributed by atoms with E-state index in [1.165, 1.54) is 30.3 Å². The highest BCUT2D eigenvalue weighted by Gasteiger charge is 2.18. The lowest BCUT2D eigenvalue weighted by atomic mass is 10.0. The van der Waals surface area contributed by atoms with Crippen LogP contribution in [0.2, 0.25) is 0 Å². The number of hydrogen-bond donors (Lipinski definition) is 4. The van der Waals surface area contributed by atoms with Crippen molar-refractivity contribution in [3.05, 3.63) is 65.7 Å². The van der Waals surface area contributed by atoms with Gasteiger partial charge in [0.25, 0.3) is 5.91 Å². The summed E-state index contributed by atoms with van der Waals surface area (Å²) < 4.78 is 11.5. The highest BCUT2D eigenvalue weighted by molar-refractivity contribution is 6.07. The first-order chi connectivity index (χ1) is 16.0. The number of carboxylic acid groups (broad SMARTS) is 1. The van der Waals surface area contributed by atoms with Crippen molar-refractivity contribution < 1.29 is 29.3 Å². The number of nitrogens with one attached hydrogen (secondary N) is 1. The summed E-state index contributed by atoms with van der Waals surface area (Å²) in [6, 6.07) is 14.1. The number of aromatic carboxylic acids is 1. The summed E-state index contributed by atoms with van der Waals surface area (Å²) in [5, 5.41) is 22.6. The normalized spacial score (nSPS) is 10.9. The molecule has 0 unspecified atom stereocenters. The topological polar surface area (TPSA) is 131 Å². The molecule has 0 radical (unpaired) electrons. The molecular weight excluding hydrogens is 436 g/mol. The second-order valence-electron chi connectivity index (χ2n) is 8.29. The van der Waals surface area contributed by atoms with Crippen LogP contribution in [0, 0.1) is 0 Å². The highest BCUT2D eigenvalue weighted by atomic mass is 16.5. The van der Waals surface area contributed by atoms with Crippen molar-refractivity contribution in [3.63, 3.8) is 0 Å². The van der Waals surface area contributed by atoms with E-state index in [4.69, 9.17) is 15.2 Å². The maximum Gasteiger partial charge on any atom is 0.335 e. The number of hydrogen-bond acceptors (Lipinski definition) is 6. The van der Waals surface area contributed by atoms with Gasteiger partial charge in [-0.3, -0.25) is 4.79 Å². The molecule has 0 atom stereocenters. The van der Waals surface area contributed by atoms with E-state index in [2.05, 4.69) is 5.32 Å². The van der Waals surface area contributed by atoms with E-state index >= 15 is 0 Å². The van der Waals surface area contributed by atoms with Gasteiger partial charge in [-0.15, -0.1) is 0 Å². The van der Waals surface area contributed by atoms with Gasteiger partial charge in [-0.2, -0.15) is 0 Å². The number of nitrogens with two attached hydrogens (primary N) is 1. The summed E-state index contributed by atoms with van der Waals surface area (Å²) in [4.78, 5) is 24.2. The fourth-order valence-electron chi connectivity index (χ4n) is 3.32. The number of carboxylic acids is 1. The van der Waals surface area contributed by atoms with Crippen LogP contribution >= 0.6 is 0 Å². The van der Waals surface area contributed by atoms with E-state index in [1.807, 2.05) is 13.8 Å². The Kier molecular flexibility index (Phi) is 7.31. The van der Waals surface area contributed by atoms with Gasteiger partial charge >= 0.3 is 5.97 Å². The summed E-state index contributed by atoms with van der Waals surface area (Å²) in [6.45, 7) is 7.38. The molecule has 8 nitrogen and oxygen atoms in total.